The summed E-state index contributed by atoms with van der Waals surface area (Å²) in [5.74, 6) is -0.738. The molecule has 7 nitrogen and oxygen atoms in total. The van der Waals surface area contributed by atoms with Gasteiger partial charge in [0.15, 0.2) is 0 Å². The minimum Gasteiger partial charge on any atom is -0.350 e. The van der Waals surface area contributed by atoms with E-state index in [1.807, 2.05) is 58.0 Å². The van der Waals surface area contributed by atoms with Crippen LogP contribution in [0.1, 0.15) is 38.8 Å². The van der Waals surface area contributed by atoms with Gasteiger partial charge < -0.3 is 10.2 Å². The molecule has 0 aliphatic carbocycles. The third kappa shape index (κ3) is 8.13. The SMILES string of the molecule is Cc1cc(N(CC(=O)N(CCc2ccccc2)C(C)C(=O)NC(C)(C)C)S(C)(=O)=O)ccc1Br. The highest BCUT2D eigenvalue weighted by atomic mass is 79.9. The Balaban J connectivity index is 2.34. The third-order valence-electron chi connectivity index (χ3n) is 5.26. The Kier molecular flexibility index (Phi) is 9.30. The van der Waals surface area contributed by atoms with Crippen molar-refractivity contribution in [2.75, 3.05) is 23.7 Å². The number of nitrogens with zero attached hydrogens (tertiary/aromatic N) is 2. The largest absolute Gasteiger partial charge is 0.350 e. The van der Waals surface area contributed by atoms with Crippen LogP contribution in [0.5, 0.6) is 0 Å². The van der Waals surface area contributed by atoms with Crippen LogP contribution in [0.2, 0.25) is 0 Å². The molecule has 0 aliphatic rings. The lowest BCUT2D eigenvalue weighted by Crippen LogP contribution is -2.55. The van der Waals surface area contributed by atoms with E-state index < -0.39 is 34.1 Å². The number of anilines is 1. The second-order valence-electron chi connectivity index (χ2n) is 9.44. The number of carbonyl (C=O) groups is 2. The number of hydrogen-bond acceptors (Lipinski definition) is 4. The van der Waals surface area contributed by atoms with Gasteiger partial charge >= 0.3 is 0 Å². The van der Waals surface area contributed by atoms with Crippen molar-refractivity contribution in [3.63, 3.8) is 0 Å². The fourth-order valence-electron chi connectivity index (χ4n) is 3.44. The maximum absolute atomic E-state index is 13.5. The molecular weight excluding hydrogens is 518 g/mol. The van der Waals surface area contributed by atoms with Crippen molar-refractivity contribution in [1.82, 2.24) is 10.2 Å². The summed E-state index contributed by atoms with van der Waals surface area (Å²) in [6.07, 6.45) is 1.61. The first-order chi connectivity index (χ1) is 15.7. The second kappa shape index (κ2) is 11.4. The molecule has 2 aromatic carbocycles. The predicted molar refractivity (Wildman–Crippen MR) is 140 cm³/mol. The molecule has 34 heavy (non-hydrogen) atoms. The standard InChI is InChI=1S/C25H34BrN3O4S/c1-18-16-21(12-13-22(18)26)29(34(6,32)33)17-23(30)28(15-14-20-10-8-7-9-11-20)19(2)24(31)27-25(3,4)5/h7-13,16,19H,14-15,17H2,1-6H3,(H,27,31). The lowest BCUT2D eigenvalue weighted by atomic mass is 10.1. The number of hydrogen-bond donors (Lipinski definition) is 1. The zero-order chi connectivity index (χ0) is 25.7. The van der Waals surface area contributed by atoms with E-state index >= 15 is 0 Å². The van der Waals surface area contributed by atoms with E-state index in [0.717, 1.165) is 26.2 Å². The molecule has 2 rings (SSSR count). The molecule has 0 radical (unpaired) electrons. The topological polar surface area (TPSA) is 86.8 Å². The molecule has 9 heteroatoms. The average Bonchev–Trinajstić information content (AvgIpc) is 2.72. The molecular formula is C25H34BrN3O4S. The van der Waals surface area contributed by atoms with Gasteiger partial charge in [0.05, 0.1) is 11.9 Å². The maximum atomic E-state index is 13.5. The highest BCUT2D eigenvalue weighted by molar-refractivity contribution is 9.10. The van der Waals surface area contributed by atoms with Gasteiger partial charge in [-0.3, -0.25) is 13.9 Å². The normalized spacial score (nSPS) is 12.7. The minimum absolute atomic E-state index is 0.276. The average molecular weight is 553 g/mol. The van der Waals surface area contributed by atoms with Gasteiger partial charge in [-0.2, -0.15) is 0 Å². The monoisotopic (exact) mass is 551 g/mol. The number of nitrogens with one attached hydrogen (secondary N) is 1. The zero-order valence-electron chi connectivity index (χ0n) is 20.6. The van der Waals surface area contributed by atoms with E-state index in [2.05, 4.69) is 21.2 Å². The van der Waals surface area contributed by atoms with Crippen molar-refractivity contribution >= 4 is 43.5 Å². The highest BCUT2D eigenvalue weighted by Crippen LogP contribution is 2.25. The molecule has 0 aromatic heterocycles. The van der Waals surface area contributed by atoms with Crippen molar-refractivity contribution in [2.24, 2.45) is 0 Å². The Morgan fingerprint density at radius 2 is 1.71 bits per heavy atom. The Morgan fingerprint density at radius 3 is 2.24 bits per heavy atom. The van der Waals surface area contributed by atoms with Crippen molar-refractivity contribution in [3.8, 4) is 0 Å². The van der Waals surface area contributed by atoms with Gasteiger partial charge in [-0.05, 0) is 70.4 Å². The molecule has 186 valence electrons. The van der Waals surface area contributed by atoms with Crippen LogP contribution in [0.15, 0.2) is 53.0 Å². The number of carbonyl (C=O) groups excluding carboxylic acids is 2. The number of aryl methyl sites for hydroxylation is 1. The van der Waals surface area contributed by atoms with Crippen LogP contribution in [0, 0.1) is 6.92 Å². The van der Waals surface area contributed by atoms with Gasteiger partial charge in [-0.15, -0.1) is 0 Å². The fraction of sp³-hybridized carbons (Fsp3) is 0.440. The Bertz CT molecular complexity index is 1110. The van der Waals surface area contributed by atoms with Gasteiger partial charge in [0.2, 0.25) is 21.8 Å². The summed E-state index contributed by atoms with van der Waals surface area (Å²) >= 11 is 3.42. The maximum Gasteiger partial charge on any atom is 0.244 e. The summed E-state index contributed by atoms with van der Waals surface area (Å²) in [6.45, 7) is 9.00. The van der Waals surface area contributed by atoms with E-state index in [1.165, 1.54) is 4.90 Å². The molecule has 0 heterocycles. The van der Waals surface area contributed by atoms with Crippen LogP contribution in [0.3, 0.4) is 0 Å². The number of sulfonamides is 1. The second-order valence-corrected chi connectivity index (χ2v) is 12.2. The summed E-state index contributed by atoms with van der Waals surface area (Å²) < 4.78 is 27.2. The third-order valence-corrected chi connectivity index (χ3v) is 7.29. The van der Waals surface area contributed by atoms with Crippen LogP contribution < -0.4 is 9.62 Å². The number of benzene rings is 2. The summed E-state index contributed by atoms with van der Waals surface area (Å²) in [4.78, 5) is 27.9. The number of amides is 2. The Labute approximate surface area is 211 Å². The van der Waals surface area contributed by atoms with Crippen molar-refractivity contribution in [1.29, 1.82) is 0 Å². The van der Waals surface area contributed by atoms with E-state index in [-0.39, 0.29) is 12.5 Å². The van der Waals surface area contributed by atoms with Gasteiger partial charge in [0, 0.05) is 16.6 Å². The predicted octanol–water partition coefficient (Wildman–Crippen LogP) is 3.90. The van der Waals surface area contributed by atoms with Gasteiger partial charge in [-0.1, -0.05) is 46.3 Å². The minimum atomic E-state index is -3.75. The van der Waals surface area contributed by atoms with Gasteiger partial charge in [0.1, 0.15) is 12.6 Å². The summed E-state index contributed by atoms with van der Waals surface area (Å²) in [7, 11) is -3.75. The van der Waals surface area contributed by atoms with Crippen LogP contribution in [-0.2, 0) is 26.0 Å². The Hall–Kier alpha value is -2.39. The molecule has 1 atom stereocenters. The highest BCUT2D eigenvalue weighted by Gasteiger charge is 2.31. The molecule has 1 unspecified atom stereocenters. The Morgan fingerprint density at radius 1 is 1.09 bits per heavy atom. The van der Waals surface area contributed by atoms with Crippen LogP contribution in [0.4, 0.5) is 5.69 Å². The van der Waals surface area contributed by atoms with E-state index in [4.69, 9.17) is 0 Å². The number of halogens is 1. The van der Waals surface area contributed by atoms with Crippen LogP contribution in [-0.4, -0.2) is 56.1 Å². The molecule has 0 saturated heterocycles. The summed E-state index contributed by atoms with van der Waals surface area (Å²) in [5, 5.41) is 2.91. The molecule has 0 spiro atoms. The molecule has 2 amide bonds. The lowest BCUT2D eigenvalue weighted by molar-refractivity contribution is -0.139. The molecule has 1 N–H and O–H groups in total. The van der Waals surface area contributed by atoms with E-state index in [0.29, 0.717) is 12.1 Å². The molecule has 0 bridgehead atoms. The van der Waals surface area contributed by atoms with E-state index in [9.17, 15) is 18.0 Å². The number of rotatable bonds is 9. The van der Waals surface area contributed by atoms with Crippen molar-refractivity contribution in [2.45, 2.75) is 52.6 Å². The first-order valence-corrected chi connectivity index (χ1v) is 13.7. The van der Waals surface area contributed by atoms with Crippen molar-refractivity contribution in [3.05, 3.63) is 64.1 Å². The molecule has 2 aromatic rings. The van der Waals surface area contributed by atoms with Gasteiger partial charge in [0.25, 0.3) is 0 Å². The quantitative estimate of drug-likeness (QED) is 0.512. The molecule has 0 aliphatic heterocycles. The van der Waals surface area contributed by atoms with Gasteiger partial charge in [-0.25, -0.2) is 8.42 Å². The molecule has 0 saturated carbocycles. The van der Waals surface area contributed by atoms with Crippen LogP contribution in [0.25, 0.3) is 0 Å². The fourth-order valence-corrected chi connectivity index (χ4v) is 4.53. The smallest absolute Gasteiger partial charge is 0.244 e. The first kappa shape index (κ1) is 27.9. The summed E-state index contributed by atoms with van der Waals surface area (Å²) in [6, 6.07) is 14.0. The lowest BCUT2D eigenvalue weighted by Gasteiger charge is -2.33. The van der Waals surface area contributed by atoms with Crippen molar-refractivity contribution < 1.29 is 18.0 Å². The summed E-state index contributed by atoms with van der Waals surface area (Å²) in [5.41, 5.74) is 1.80. The van der Waals surface area contributed by atoms with E-state index in [1.54, 1.807) is 25.1 Å². The van der Waals surface area contributed by atoms with Crippen LogP contribution >= 0.6 is 15.9 Å². The first-order valence-electron chi connectivity index (χ1n) is 11.1. The zero-order valence-corrected chi connectivity index (χ0v) is 23.0. The molecule has 0 fully saturated rings.